The Hall–Kier alpha value is -3.56. The molecule has 0 aliphatic carbocycles. The first-order valence-corrected chi connectivity index (χ1v) is 7.91. The average Bonchev–Trinajstić information content (AvgIpc) is 3.20. The highest BCUT2D eigenvalue weighted by Gasteiger charge is 2.20. The Morgan fingerprint density at radius 1 is 1.31 bits per heavy atom. The molecule has 0 unspecified atom stereocenters. The summed E-state index contributed by atoms with van der Waals surface area (Å²) in [6.07, 6.45) is 1.56. The number of benzene rings is 1. The zero-order valence-corrected chi connectivity index (χ0v) is 14.5. The van der Waals surface area contributed by atoms with Gasteiger partial charge < -0.3 is 5.73 Å². The summed E-state index contributed by atoms with van der Waals surface area (Å²) in [4.78, 5) is 12.2. The minimum atomic E-state index is -0.501. The van der Waals surface area contributed by atoms with E-state index in [0.29, 0.717) is 11.6 Å². The number of nitrogens with zero attached hydrogens (tertiary/aromatic N) is 6. The highest BCUT2D eigenvalue weighted by Crippen LogP contribution is 2.15. The molecule has 0 saturated carbocycles. The molecule has 2 aromatic heterocycles. The van der Waals surface area contributed by atoms with Gasteiger partial charge in [-0.2, -0.15) is 9.78 Å². The molecule has 0 aliphatic rings. The molecule has 0 atom stereocenters. The van der Waals surface area contributed by atoms with Crippen LogP contribution in [0.2, 0.25) is 0 Å². The number of rotatable bonds is 5. The van der Waals surface area contributed by atoms with Crippen LogP contribution in [0.5, 0.6) is 0 Å². The molecule has 1 amide bonds. The van der Waals surface area contributed by atoms with Crippen molar-refractivity contribution >= 4 is 17.9 Å². The maximum atomic E-state index is 12.2. The van der Waals surface area contributed by atoms with Gasteiger partial charge in [0.25, 0.3) is 5.91 Å². The number of nitrogens with one attached hydrogen (secondary N) is 1. The van der Waals surface area contributed by atoms with E-state index in [4.69, 9.17) is 5.73 Å². The minimum absolute atomic E-state index is 0.0489. The van der Waals surface area contributed by atoms with Gasteiger partial charge in [-0.15, -0.1) is 5.10 Å². The molecular weight excluding hydrogens is 336 g/mol. The molecule has 3 rings (SSSR count). The molecule has 10 nitrogen and oxygen atoms in total. The summed E-state index contributed by atoms with van der Waals surface area (Å²) < 4.78 is 5.80. The van der Waals surface area contributed by atoms with Crippen LogP contribution in [0, 0.1) is 6.92 Å². The molecule has 3 N–H and O–H groups in total. The van der Waals surface area contributed by atoms with Crippen LogP contribution in [0.25, 0.3) is 5.82 Å². The van der Waals surface area contributed by atoms with Crippen LogP contribution in [0.1, 0.15) is 47.1 Å². The second-order valence-electron chi connectivity index (χ2n) is 5.93. The van der Waals surface area contributed by atoms with E-state index >= 15 is 0 Å². The molecule has 3 aromatic rings. The van der Waals surface area contributed by atoms with Gasteiger partial charge in [0.15, 0.2) is 5.69 Å². The fourth-order valence-corrected chi connectivity index (χ4v) is 2.26. The summed E-state index contributed by atoms with van der Waals surface area (Å²) in [6.45, 7) is 5.90. The maximum Gasteiger partial charge on any atom is 0.293 e. The quantitative estimate of drug-likeness (QED) is 0.522. The summed E-state index contributed by atoms with van der Waals surface area (Å²) in [7, 11) is 0. The minimum Gasteiger partial charge on any atom is -0.378 e. The lowest BCUT2D eigenvalue weighted by atomic mass is 10.0. The van der Waals surface area contributed by atoms with Gasteiger partial charge >= 0.3 is 0 Å². The molecule has 26 heavy (non-hydrogen) atoms. The molecule has 134 valence electrons. The van der Waals surface area contributed by atoms with Crippen molar-refractivity contribution in [3.8, 4) is 5.82 Å². The van der Waals surface area contributed by atoms with Crippen LogP contribution < -0.4 is 11.2 Å². The van der Waals surface area contributed by atoms with Gasteiger partial charge in [0.1, 0.15) is 0 Å². The van der Waals surface area contributed by atoms with Crippen LogP contribution >= 0.6 is 0 Å². The van der Waals surface area contributed by atoms with E-state index < -0.39 is 5.91 Å². The lowest BCUT2D eigenvalue weighted by Crippen LogP contribution is -2.19. The first-order chi connectivity index (χ1) is 12.5. The van der Waals surface area contributed by atoms with Crippen molar-refractivity contribution in [3.05, 3.63) is 46.8 Å². The SMILES string of the molecule is Cc1c(C(=O)NN=Cc2ccc(C(C)C)cc2)nnn1-c1nonc1N. The Morgan fingerprint density at radius 2 is 2.04 bits per heavy atom. The fourth-order valence-electron chi connectivity index (χ4n) is 2.26. The van der Waals surface area contributed by atoms with Crippen molar-refractivity contribution in [2.75, 3.05) is 5.73 Å². The maximum absolute atomic E-state index is 12.2. The van der Waals surface area contributed by atoms with Crippen LogP contribution in [-0.4, -0.2) is 37.4 Å². The number of hydrazone groups is 1. The number of aromatic nitrogens is 5. The van der Waals surface area contributed by atoms with Gasteiger partial charge in [-0.3, -0.25) is 4.79 Å². The molecule has 0 bridgehead atoms. The Labute approximate surface area is 149 Å². The predicted octanol–water partition coefficient (Wildman–Crippen LogP) is 1.43. The Kier molecular flexibility index (Phi) is 4.74. The van der Waals surface area contributed by atoms with E-state index in [1.807, 2.05) is 24.3 Å². The molecule has 0 saturated heterocycles. The van der Waals surface area contributed by atoms with Gasteiger partial charge in [0.2, 0.25) is 11.6 Å². The highest BCUT2D eigenvalue weighted by atomic mass is 16.6. The van der Waals surface area contributed by atoms with Gasteiger partial charge in [-0.25, -0.2) is 10.1 Å². The molecule has 0 radical (unpaired) electrons. The Balaban J connectivity index is 1.69. The number of nitrogens with two attached hydrogens (primary N) is 1. The first-order valence-electron chi connectivity index (χ1n) is 7.91. The van der Waals surface area contributed by atoms with Gasteiger partial charge in [0, 0.05) is 0 Å². The largest absolute Gasteiger partial charge is 0.378 e. The van der Waals surface area contributed by atoms with Crippen molar-refractivity contribution in [1.82, 2.24) is 30.7 Å². The summed E-state index contributed by atoms with van der Waals surface area (Å²) in [6, 6.07) is 7.93. The number of hydrogen-bond donors (Lipinski definition) is 2. The smallest absolute Gasteiger partial charge is 0.293 e. The highest BCUT2D eigenvalue weighted by molar-refractivity contribution is 5.94. The number of nitrogen functional groups attached to an aromatic ring is 1. The zero-order chi connectivity index (χ0) is 18.7. The van der Waals surface area contributed by atoms with Crippen molar-refractivity contribution in [2.45, 2.75) is 26.7 Å². The number of carbonyl (C=O) groups is 1. The number of carbonyl (C=O) groups excluding carboxylic acids is 1. The molecular formula is C16H18N8O2. The monoisotopic (exact) mass is 354 g/mol. The number of hydrogen-bond acceptors (Lipinski definition) is 8. The van der Waals surface area contributed by atoms with Gasteiger partial charge in [-0.05, 0) is 34.3 Å². The van der Waals surface area contributed by atoms with Crippen molar-refractivity contribution in [1.29, 1.82) is 0 Å². The molecule has 2 heterocycles. The lowest BCUT2D eigenvalue weighted by Gasteiger charge is -2.04. The van der Waals surface area contributed by atoms with E-state index in [-0.39, 0.29) is 17.3 Å². The molecule has 0 fully saturated rings. The Bertz CT molecular complexity index is 940. The zero-order valence-electron chi connectivity index (χ0n) is 14.5. The number of anilines is 1. The topological polar surface area (TPSA) is 137 Å². The molecule has 10 heteroatoms. The average molecular weight is 354 g/mol. The van der Waals surface area contributed by atoms with E-state index in [9.17, 15) is 4.79 Å². The van der Waals surface area contributed by atoms with Gasteiger partial charge in [0.05, 0.1) is 11.9 Å². The molecule has 0 aliphatic heterocycles. The third-order valence-corrected chi connectivity index (χ3v) is 3.79. The first kappa shape index (κ1) is 17.3. The van der Waals surface area contributed by atoms with Gasteiger partial charge in [-0.1, -0.05) is 43.3 Å². The summed E-state index contributed by atoms with van der Waals surface area (Å²) in [5.74, 6) is 0.176. The lowest BCUT2D eigenvalue weighted by molar-refractivity contribution is 0.0949. The summed E-state index contributed by atoms with van der Waals surface area (Å²) in [5, 5.41) is 18.7. The Morgan fingerprint density at radius 3 is 2.65 bits per heavy atom. The molecule has 1 aromatic carbocycles. The fraction of sp³-hybridized carbons (Fsp3) is 0.250. The van der Waals surface area contributed by atoms with Crippen molar-refractivity contribution in [3.63, 3.8) is 0 Å². The van der Waals surface area contributed by atoms with Crippen molar-refractivity contribution in [2.24, 2.45) is 5.10 Å². The van der Waals surface area contributed by atoms with Crippen LogP contribution in [-0.2, 0) is 0 Å². The summed E-state index contributed by atoms with van der Waals surface area (Å²) >= 11 is 0. The van der Waals surface area contributed by atoms with E-state index in [2.05, 4.69) is 49.6 Å². The second-order valence-corrected chi connectivity index (χ2v) is 5.93. The third-order valence-electron chi connectivity index (χ3n) is 3.79. The van der Waals surface area contributed by atoms with Crippen LogP contribution in [0.15, 0.2) is 34.0 Å². The standard InChI is InChI=1S/C16H18N8O2/c1-9(2)12-6-4-11(5-7-12)8-18-20-16(25)13-10(3)24(23-19-13)15-14(17)21-26-22-15/h4-9H,1-3H3,(H2,17,21)(H,20,25). The van der Waals surface area contributed by atoms with E-state index in [0.717, 1.165) is 5.56 Å². The molecule has 0 spiro atoms. The van der Waals surface area contributed by atoms with E-state index in [1.54, 1.807) is 13.1 Å². The normalized spacial score (nSPS) is 11.4. The van der Waals surface area contributed by atoms with E-state index in [1.165, 1.54) is 10.2 Å². The summed E-state index contributed by atoms with van der Waals surface area (Å²) in [5.41, 5.74) is 10.7. The van der Waals surface area contributed by atoms with Crippen molar-refractivity contribution < 1.29 is 9.42 Å². The predicted molar refractivity (Wildman–Crippen MR) is 94.0 cm³/mol. The second kappa shape index (κ2) is 7.13. The van der Waals surface area contributed by atoms with Crippen LogP contribution in [0.4, 0.5) is 5.82 Å². The van der Waals surface area contributed by atoms with Crippen LogP contribution in [0.3, 0.4) is 0 Å². The number of amides is 1. The third kappa shape index (κ3) is 3.43.